The van der Waals surface area contributed by atoms with Crippen molar-refractivity contribution in [3.05, 3.63) is 54.1 Å². The molecule has 0 saturated carbocycles. The molecule has 7 heteroatoms. The molecule has 2 N–H and O–H groups in total. The largest absolute Gasteiger partial charge is 0.326 e. The molecular formula is C19H22N2O4S. The van der Waals surface area contributed by atoms with Crippen LogP contribution in [0, 0.1) is 5.92 Å². The summed E-state index contributed by atoms with van der Waals surface area (Å²) in [6.07, 6.45) is 1.53. The van der Waals surface area contributed by atoms with Gasteiger partial charge in [-0.2, -0.15) is 0 Å². The molecule has 138 valence electrons. The maximum atomic E-state index is 12.3. The van der Waals surface area contributed by atoms with Gasteiger partial charge in [0.2, 0.25) is 5.91 Å². The molecule has 0 saturated heterocycles. The Bertz CT molecular complexity index is 903. The molecule has 2 aromatic carbocycles. The van der Waals surface area contributed by atoms with E-state index >= 15 is 0 Å². The first-order valence-electron chi connectivity index (χ1n) is 8.16. The van der Waals surface area contributed by atoms with Gasteiger partial charge in [-0.1, -0.05) is 19.9 Å². The molecule has 2 rings (SSSR count). The van der Waals surface area contributed by atoms with Gasteiger partial charge < -0.3 is 10.6 Å². The van der Waals surface area contributed by atoms with Crippen molar-refractivity contribution in [2.24, 2.45) is 5.92 Å². The lowest BCUT2D eigenvalue weighted by Gasteiger charge is -2.09. The molecule has 26 heavy (non-hydrogen) atoms. The summed E-state index contributed by atoms with van der Waals surface area (Å²) in [5.41, 5.74) is 1.44. The van der Waals surface area contributed by atoms with Gasteiger partial charge in [-0.3, -0.25) is 9.59 Å². The van der Waals surface area contributed by atoms with Crippen molar-refractivity contribution in [3.8, 4) is 0 Å². The first-order valence-corrected chi connectivity index (χ1v) is 10.1. The number of carbonyl (C=O) groups excluding carboxylic acids is 2. The van der Waals surface area contributed by atoms with E-state index in [1.807, 2.05) is 13.8 Å². The highest BCUT2D eigenvalue weighted by Gasteiger charge is 2.12. The minimum atomic E-state index is -3.38. The van der Waals surface area contributed by atoms with Crippen LogP contribution in [0.15, 0.2) is 53.4 Å². The second-order valence-corrected chi connectivity index (χ2v) is 8.49. The lowest BCUT2D eigenvalue weighted by Crippen LogP contribution is -2.14. The summed E-state index contributed by atoms with van der Waals surface area (Å²) in [5.74, 6) is -0.197. The number of anilines is 2. The fourth-order valence-corrected chi connectivity index (χ4v) is 2.96. The van der Waals surface area contributed by atoms with E-state index in [9.17, 15) is 18.0 Å². The van der Waals surface area contributed by atoms with Gasteiger partial charge in [-0.05, 0) is 48.4 Å². The summed E-state index contributed by atoms with van der Waals surface area (Å²) in [4.78, 5) is 24.1. The maximum absolute atomic E-state index is 12.3. The highest BCUT2D eigenvalue weighted by molar-refractivity contribution is 7.90. The molecule has 0 fully saturated rings. The number of hydrogen-bond acceptors (Lipinski definition) is 4. The van der Waals surface area contributed by atoms with Crippen LogP contribution in [0.1, 0.15) is 30.6 Å². The van der Waals surface area contributed by atoms with Crippen molar-refractivity contribution >= 4 is 33.0 Å². The van der Waals surface area contributed by atoms with Crippen LogP contribution in [0.25, 0.3) is 0 Å². The Labute approximate surface area is 153 Å². The molecule has 0 spiro atoms. The minimum Gasteiger partial charge on any atom is -0.326 e. The summed E-state index contributed by atoms with van der Waals surface area (Å²) in [6, 6.07) is 12.6. The number of hydrogen-bond donors (Lipinski definition) is 2. The molecule has 0 aliphatic heterocycles. The molecular weight excluding hydrogens is 352 g/mol. The Morgan fingerprint density at radius 3 is 2.08 bits per heavy atom. The molecule has 0 aliphatic carbocycles. The van der Waals surface area contributed by atoms with Crippen LogP contribution in [0.3, 0.4) is 0 Å². The van der Waals surface area contributed by atoms with E-state index in [2.05, 4.69) is 10.6 Å². The van der Waals surface area contributed by atoms with Crippen molar-refractivity contribution in [1.82, 2.24) is 0 Å². The van der Waals surface area contributed by atoms with Crippen molar-refractivity contribution in [2.75, 3.05) is 16.9 Å². The Hall–Kier alpha value is -2.67. The molecule has 0 aliphatic rings. The topological polar surface area (TPSA) is 92.3 Å². The molecule has 2 aromatic rings. The molecule has 0 aromatic heterocycles. The lowest BCUT2D eigenvalue weighted by atomic mass is 10.1. The van der Waals surface area contributed by atoms with Crippen LogP contribution in [-0.4, -0.2) is 26.5 Å². The number of rotatable bonds is 6. The fraction of sp³-hybridized carbons (Fsp3) is 0.263. The van der Waals surface area contributed by atoms with E-state index < -0.39 is 15.7 Å². The summed E-state index contributed by atoms with van der Waals surface area (Å²) < 4.78 is 23.2. The zero-order valence-electron chi connectivity index (χ0n) is 14.9. The highest BCUT2D eigenvalue weighted by atomic mass is 32.2. The van der Waals surface area contributed by atoms with E-state index in [0.29, 0.717) is 17.8 Å². The summed E-state index contributed by atoms with van der Waals surface area (Å²) in [5, 5.41) is 5.49. The second-order valence-electron chi connectivity index (χ2n) is 6.48. The Morgan fingerprint density at radius 2 is 1.54 bits per heavy atom. The number of nitrogens with one attached hydrogen (secondary N) is 2. The van der Waals surface area contributed by atoms with E-state index in [-0.39, 0.29) is 22.3 Å². The average Bonchev–Trinajstić information content (AvgIpc) is 2.55. The van der Waals surface area contributed by atoms with Gasteiger partial charge in [0.25, 0.3) is 5.91 Å². The first kappa shape index (κ1) is 19.7. The average molecular weight is 374 g/mol. The van der Waals surface area contributed by atoms with Crippen LogP contribution in [0.5, 0.6) is 0 Å². The molecule has 0 heterocycles. The smallest absolute Gasteiger partial charge is 0.255 e. The van der Waals surface area contributed by atoms with Crippen molar-refractivity contribution in [1.29, 1.82) is 0 Å². The third-order valence-corrected chi connectivity index (χ3v) is 4.65. The number of sulfone groups is 1. The van der Waals surface area contributed by atoms with E-state index in [4.69, 9.17) is 0 Å². The van der Waals surface area contributed by atoms with Crippen molar-refractivity contribution < 1.29 is 18.0 Å². The van der Waals surface area contributed by atoms with E-state index in [0.717, 1.165) is 6.26 Å². The standard InChI is InChI=1S/C19H22N2O4S/c1-13(2)11-18(22)20-15-7-9-16(10-8-15)21-19(23)14-5-4-6-17(12-14)26(3,24)25/h4-10,12-13H,11H2,1-3H3,(H,20,22)(H,21,23). The quantitative estimate of drug-likeness (QED) is 0.811. The van der Waals surface area contributed by atoms with E-state index in [1.165, 1.54) is 18.2 Å². The fourth-order valence-electron chi connectivity index (χ4n) is 2.29. The molecule has 0 radical (unpaired) electrons. The minimum absolute atomic E-state index is 0.0608. The zero-order valence-corrected chi connectivity index (χ0v) is 15.8. The normalized spacial score (nSPS) is 11.2. The summed E-state index contributed by atoms with van der Waals surface area (Å²) in [6.45, 7) is 3.94. The van der Waals surface area contributed by atoms with Gasteiger partial charge in [0, 0.05) is 29.6 Å². The van der Waals surface area contributed by atoms with Gasteiger partial charge in [0.15, 0.2) is 9.84 Å². The number of amides is 2. The highest BCUT2D eigenvalue weighted by Crippen LogP contribution is 2.17. The molecule has 0 atom stereocenters. The van der Waals surface area contributed by atoms with Crippen LogP contribution >= 0.6 is 0 Å². The molecule has 0 bridgehead atoms. The van der Waals surface area contributed by atoms with Crippen molar-refractivity contribution in [2.45, 2.75) is 25.2 Å². The van der Waals surface area contributed by atoms with Gasteiger partial charge in [0.1, 0.15) is 0 Å². The Balaban J connectivity index is 2.05. The second kappa shape index (κ2) is 8.14. The maximum Gasteiger partial charge on any atom is 0.255 e. The molecule has 0 unspecified atom stereocenters. The third-order valence-electron chi connectivity index (χ3n) is 3.54. The van der Waals surface area contributed by atoms with Gasteiger partial charge in [0.05, 0.1) is 4.90 Å². The van der Waals surface area contributed by atoms with Crippen molar-refractivity contribution in [3.63, 3.8) is 0 Å². The molecule has 6 nitrogen and oxygen atoms in total. The number of carbonyl (C=O) groups is 2. The lowest BCUT2D eigenvalue weighted by molar-refractivity contribution is -0.116. The monoisotopic (exact) mass is 374 g/mol. The van der Waals surface area contributed by atoms with Gasteiger partial charge in [-0.15, -0.1) is 0 Å². The van der Waals surface area contributed by atoms with Crippen LogP contribution in [0.4, 0.5) is 11.4 Å². The SMILES string of the molecule is CC(C)CC(=O)Nc1ccc(NC(=O)c2cccc(S(C)(=O)=O)c2)cc1. The third kappa shape index (κ3) is 5.70. The summed E-state index contributed by atoms with van der Waals surface area (Å²) >= 11 is 0. The number of benzene rings is 2. The first-order chi connectivity index (χ1) is 12.1. The predicted octanol–water partition coefficient (Wildman–Crippen LogP) is 3.33. The van der Waals surface area contributed by atoms with Crippen LogP contribution in [-0.2, 0) is 14.6 Å². The van der Waals surface area contributed by atoms with Crippen LogP contribution < -0.4 is 10.6 Å². The van der Waals surface area contributed by atoms with Gasteiger partial charge >= 0.3 is 0 Å². The van der Waals surface area contributed by atoms with E-state index in [1.54, 1.807) is 30.3 Å². The van der Waals surface area contributed by atoms with Crippen LogP contribution in [0.2, 0.25) is 0 Å². The predicted molar refractivity (Wildman–Crippen MR) is 102 cm³/mol. The summed E-state index contributed by atoms with van der Waals surface area (Å²) in [7, 11) is -3.38. The zero-order chi connectivity index (χ0) is 19.3. The Morgan fingerprint density at radius 1 is 0.962 bits per heavy atom. The Kier molecular flexibility index (Phi) is 6.15. The van der Waals surface area contributed by atoms with Gasteiger partial charge in [-0.25, -0.2) is 8.42 Å². The molecule has 2 amide bonds.